The van der Waals surface area contributed by atoms with E-state index >= 15 is 0 Å². The maximum absolute atomic E-state index is 6.00. The van der Waals surface area contributed by atoms with E-state index in [1.54, 1.807) is 7.11 Å². The van der Waals surface area contributed by atoms with Gasteiger partial charge in [0.2, 0.25) is 0 Å². The van der Waals surface area contributed by atoms with Crippen LogP contribution < -0.4 is 5.32 Å². The Morgan fingerprint density at radius 1 is 1.11 bits per heavy atom. The highest BCUT2D eigenvalue weighted by Crippen LogP contribution is 2.19. The zero-order valence-electron chi connectivity index (χ0n) is 18.5. The number of aliphatic imine (C=N–C) groups is 1. The van der Waals surface area contributed by atoms with Gasteiger partial charge in [0.05, 0.1) is 12.6 Å². The van der Waals surface area contributed by atoms with Gasteiger partial charge in [-0.05, 0) is 58.0 Å². The van der Waals surface area contributed by atoms with Crippen LogP contribution in [0.25, 0.3) is 0 Å². The molecule has 2 aliphatic heterocycles. The van der Waals surface area contributed by atoms with Gasteiger partial charge in [-0.25, -0.2) is 0 Å². The predicted octanol–water partition coefficient (Wildman–Crippen LogP) is 3.21. The molecule has 0 aromatic rings. The summed E-state index contributed by atoms with van der Waals surface area (Å²) in [6.45, 7) is 14.7. The van der Waals surface area contributed by atoms with Crippen LogP contribution in [0.3, 0.4) is 0 Å². The van der Waals surface area contributed by atoms with Gasteiger partial charge in [-0.1, -0.05) is 13.8 Å². The van der Waals surface area contributed by atoms with Crippen molar-refractivity contribution in [3.05, 3.63) is 0 Å². The summed E-state index contributed by atoms with van der Waals surface area (Å²) < 4.78 is 11.1. The Kier molecular flexibility index (Phi) is 13.7. The molecule has 2 saturated heterocycles. The molecule has 0 aromatic carbocycles. The van der Waals surface area contributed by atoms with Crippen molar-refractivity contribution in [3.63, 3.8) is 0 Å². The number of piperidine rings is 1. The molecule has 2 fully saturated rings. The average Bonchev–Trinajstić information content (AvgIpc) is 3.19. The largest absolute Gasteiger partial charge is 0.385 e. The summed E-state index contributed by atoms with van der Waals surface area (Å²) in [5.41, 5.74) is 0. The zero-order valence-corrected chi connectivity index (χ0v) is 20.8. The summed E-state index contributed by atoms with van der Waals surface area (Å²) in [5, 5.41) is 3.51. The SMILES string of the molecule is CCNC(=NCC(C(C)C)N1CCCC1)N1CCC(OCCCOC)CC1.I. The van der Waals surface area contributed by atoms with Gasteiger partial charge < -0.3 is 19.7 Å². The normalized spacial score (nSPS) is 20.5. The molecule has 0 spiro atoms. The van der Waals surface area contributed by atoms with Crippen molar-refractivity contribution in [1.29, 1.82) is 0 Å². The maximum Gasteiger partial charge on any atom is 0.193 e. The van der Waals surface area contributed by atoms with Gasteiger partial charge in [-0.2, -0.15) is 0 Å². The minimum Gasteiger partial charge on any atom is -0.385 e. The Hall–Kier alpha value is -0.120. The van der Waals surface area contributed by atoms with Crippen LogP contribution in [0.1, 0.15) is 52.9 Å². The Morgan fingerprint density at radius 3 is 2.36 bits per heavy atom. The van der Waals surface area contributed by atoms with Gasteiger partial charge in [0.15, 0.2) is 5.96 Å². The van der Waals surface area contributed by atoms with E-state index in [2.05, 4.69) is 35.9 Å². The lowest BCUT2D eigenvalue weighted by molar-refractivity contribution is 0.00988. The third-order valence-electron chi connectivity index (χ3n) is 5.73. The monoisotopic (exact) mass is 510 g/mol. The van der Waals surface area contributed by atoms with Crippen molar-refractivity contribution in [2.24, 2.45) is 10.9 Å². The highest BCUT2D eigenvalue weighted by molar-refractivity contribution is 14.0. The number of ether oxygens (including phenoxy) is 2. The van der Waals surface area contributed by atoms with Crippen LogP contribution in [0.15, 0.2) is 4.99 Å². The van der Waals surface area contributed by atoms with Gasteiger partial charge in [0.25, 0.3) is 0 Å². The highest BCUT2D eigenvalue weighted by atomic mass is 127. The molecule has 7 heteroatoms. The standard InChI is InChI=1S/C21H42N4O2.HI/c1-5-22-21(23-17-20(18(2)3)24-11-6-7-12-24)25-13-9-19(10-14-25)27-16-8-15-26-4;/h18-20H,5-17H2,1-4H3,(H,22,23);1H. The fraction of sp³-hybridized carbons (Fsp3) is 0.952. The third kappa shape index (κ3) is 8.71. The third-order valence-corrected chi connectivity index (χ3v) is 5.73. The molecule has 0 aromatic heterocycles. The Labute approximate surface area is 189 Å². The minimum absolute atomic E-state index is 0. The molecular formula is C21H43IN4O2. The molecule has 166 valence electrons. The lowest BCUT2D eigenvalue weighted by atomic mass is 10.0. The number of methoxy groups -OCH3 is 1. The molecule has 1 N–H and O–H groups in total. The van der Waals surface area contributed by atoms with Gasteiger partial charge in [0.1, 0.15) is 0 Å². The molecule has 2 heterocycles. The van der Waals surface area contributed by atoms with E-state index < -0.39 is 0 Å². The summed E-state index contributed by atoms with van der Waals surface area (Å²) >= 11 is 0. The molecular weight excluding hydrogens is 467 g/mol. The summed E-state index contributed by atoms with van der Waals surface area (Å²) in [6, 6.07) is 0.558. The molecule has 1 atom stereocenters. The Morgan fingerprint density at radius 2 is 1.79 bits per heavy atom. The second-order valence-electron chi connectivity index (χ2n) is 8.15. The van der Waals surface area contributed by atoms with Gasteiger partial charge in [-0.15, -0.1) is 24.0 Å². The zero-order chi connectivity index (χ0) is 19.5. The first-order chi connectivity index (χ1) is 13.2. The lowest BCUT2D eigenvalue weighted by Gasteiger charge is -2.35. The van der Waals surface area contributed by atoms with Crippen molar-refractivity contribution in [1.82, 2.24) is 15.1 Å². The van der Waals surface area contributed by atoms with E-state index in [1.807, 2.05) is 0 Å². The number of guanidine groups is 1. The van der Waals surface area contributed by atoms with E-state index in [9.17, 15) is 0 Å². The van der Waals surface area contributed by atoms with Crippen LogP contribution in [0.5, 0.6) is 0 Å². The fourth-order valence-corrected chi connectivity index (χ4v) is 4.11. The van der Waals surface area contributed by atoms with Crippen molar-refractivity contribution in [2.45, 2.75) is 65.0 Å². The molecule has 2 aliphatic rings. The number of likely N-dealkylation sites (tertiary alicyclic amines) is 2. The van der Waals surface area contributed by atoms with Crippen molar-refractivity contribution in [3.8, 4) is 0 Å². The Balaban J connectivity index is 0.00000392. The van der Waals surface area contributed by atoms with Gasteiger partial charge in [-0.3, -0.25) is 9.89 Å². The summed E-state index contributed by atoms with van der Waals surface area (Å²) in [4.78, 5) is 10.1. The Bertz CT molecular complexity index is 423. The minimum atomic E-state index is 0. The highest BCUT2D eigenvalue weighted by Gasteiger charge is 2.26. The first-order valence-electron chi connectivity index (χ1n) is 11.0. The molecule has 1 unspecified atom stereocenters. The van der Waals surface area contributed by atoms with Crippen molar-refractivity contribution in [2.75, 3.05) is 59.6 Å². The summed E-state index contributed by atoms with van der Waals surface area (Å²) in [5.74, 6) is 1.72. The topological polar surface area (TPSA) is 49.3 Å². The number of nitrogens with one attached hydrogen (secondary N) is 1. The van der Waals surface area contributed by atoms with Crippen LogP contribution in [0, 0.1) is 5.92 Å². The molecule has 0 bridgehead atoms. The number of hydrogen-bond acceptors (Lipinski definition) is 4. The molecule has 2 rings (SSSR count). The van der Waals surface area contributed by atoms with Crippen molar-refractivity contribution < 1.29 is 9.47 Å². The predicted molar refractivity (Wildman–Crippen MR) is 128 cm³/mol. The lowest BCUT2D eigenvalue weighted by Crippen LogP contribution is -2.48. The van der Waals surface area contributed by atoms with E-state index in [0.29, 0.717) is 18.1 Å². The first kappa shape index (κ1) is 25.9. The van der Waals surface area contributed by atoms with Crippen LogP contribution in [0.2, 0.25) is 0 Å². The second kappa shape index (κ2) is 14.8. The molecule has 6 nitrogen and oxygen atoms in total. The average molecular weight is 511 g/mol. The van der Waals surface area contributed by atoms with Crippen LogP contribution in [0.4, 0.5) is 0 Å². The quantitative estimate of drug-likeness (QED) is 0.212. The van der Waals surface area contributed by atoms with E-state index in [0.717, 1.165) is 64.6 Å². The number of nitrogens with zero attached hydrogens (tertiary/aromatic N) is 3. The maximum atomic E-state index is 6.00. The van der Waals surface area contributed by atoms with Crippen LogP contribution >= 0.6 is 24.0 Å². The van der Waals surface area contributed by atoms with E-state index in [-0.39, 0.29) is 24.0 Å². The molecule has 0 saturated carbocycles. The van der Waals surface area contributed by atoms with Crippen LogP contribution in [-0.4, -0.2) is 87.5 Å². The first-order valence-corrected chi connectivity index (χ1v) is 11.0. The van der Waals surface area contributed by atoms with Crippen molar-refractivity contribution >= 4 is 29.9 Å². The summed E-state index contributed by atoms with van der Waals surface area (Å²) in [6.07, 6.45) is 6.20. The fourth-order valence-electron chi connectivity index (χ4n) is 4.11. The van der Waals surface area contributed by atoms with E-state index in [1.165, 1.54) is 25.9 Å². The van der Waals surface area contributed by atoms with E-state index in [4.69, 9.17) is 14.5 Å². The van der Waals surface area contributed by atoms with Gasteiger partial charge >= 0.3 is 0 Å². The van der Waals surface area contributed by atoms with Gasteiger partial charge in [0, 0.05) is 46.0 Å². The number of rotatable bonds is 10. The molecule has 28 heavy (non-hydrogen) atoms. The molecule has 0 aliphatic carbocycles. The number of halogens is 1. The molecule has 0 amide bonds. The second-order valence-corrected chi connectivity index (χ2v) is 8.15. The number of hydrogen-bond donors (Lipinski definition) is 1. The van der Waals surface area contributed by atoms with Crippen LogP contribution in [-0.2, 0) is 9.47 Å². The summed E-state index contributed by atoms with van der Waals surface area (Å²) in [7, 11) is 1.74. The smallest absolute Gasteiger partial charge is 0.193 e. The molecule has 0 radical (unpaired) electrons.